The molecule has 3 aromatic carbocycles. The summed E-state index contributed by atoms with van der Waals surface area (Å²) in [6, 6.07) is 20.5. The minimum atomic E-state index is -0.454. The molecule has 1 amide bonds. The third kappa shape index (κ3) is 3.74. The summed E-state index contributed by atoms with van der Waals surface area (Å²) in [6.45, 7) is 4.70. The van der Waals surface area contributed by atoms with Crippen molar-refractivity contribution in [1.29, 1.82) is 0 Å². The molecule has 0 aromatic heterocycles. The minimum absolute atomic E-state index is 0.108. The minimum Gasteiger partial charge on any atom is -0.493 e. The molecule has 0 unspecified atom stereocenters. The van der Waals surface area contributed by atoms with Crippen LogP contribution in [0, 0.1) is 6.92 Å². The zero-order valence-electron chi connectivity index (χ0n) is 17.3. The number of carbonyl (C=O) groups excluding carboxylic acids is 1. The maximum Gasteiger partial charge on any atom is 0.235 e. The molecule has 0 radical (unpaired) electrons. The number of fused-ring (bicyclic) bond motifs is 1. The van der Waals surface area contributed by atoms with Crippen LogP contribution >= 0.6 is 0 Å². The molecule has 1 saturated carbocycles. The highest BCUT2D eigenvalue weighted by Gasteiger charge is 2.41. The molecule has 0 saturated heterocycles. The first-order chi connectivity index (χ1) is 14.1. The quantitative estimate of drug-likeness (QED) is 0.551. The Balaban J connectivity index is 1.73. The molecule has 0 bridgehead atoms. The number of hydrogen-bond acceptors (Lipinski definition) is 2. The highest BCUT2D eigenvalue weighted by atomic mass is 16.5. The molecule has 4 rings (SSSR count). The summed E-state index contributed by atoms with van der Waals surface area (Å²) in [5, 5.41) is 5.33. The zero-order chi connectivity index (χ0) is 20.3. The van der Waals surface area contributed by atoms with E-state index in [1.165, 1.54) is 12.0 Å². The van der Waals surface area contributed by atoms with Gasteiger partial charge in [-0.05, 0) is 44.4 Å². The van der Waals surface area contributed by atoms with E-state index >= 15 is 0 Å². The van der Waals surface area contributed by atoms with Gasteiger partial charge in [0, 0.05) is 16.5 Å². The largest absolute Gasteiger partial charge is 0.493 e. The summed E-state index contributed by atoms with van der Waals surface area (Å²) < 4.78 is 5.79. The number of nitrogens with one attached hydrogen (secondary N) is 1. The van der Waals surface area contributed by atoms with E-state index in [2.05, 4.69) is 36.5 Å². The van der Waals surface area contributed by atoms with E-state index in [9.17, 15) is 4.79 Å². The second-order valence-electron chi connectivity index (χ2n) is 8.06. The predicted octanol–water partition coefficient (Wildman–Crippen LogP) is 6.39. The summed E-state index contributed by atoms with van der Waals surface area (Å²) in [4.78, 5) is 13.7. The van der Waals surface area contributed by atoms with Crippen molar-refractivity contribution in [2.75, 3.05) is 11.9 Å². The molecule has 1 N–H and O–H groups in total. The van der Waals surface area contributed by atoms with E-state index in [1.54, 1.807) is 0 Å². The van der Waals surface area contributed by atoms with Gasteiger partial charge >= 0.3 is 0 Å². The van der Waals surface area contributed by atoms with Crippen LogP contribution in [0.15, 0.2) is 60.7 Å². The molecule has 0 aliphatic heterocycles. The molecular weight excluding hydrogens is 358 g/mol. The normalized spacial score (nSPS) is 15.8. The fourth-order valence-electron chi connectivity index (χ4n) is 4.65. The maximum atomic E-state index is 13.7. The van der Waals surface area contributed by atoms with Gasteiger partial charge in [-0.1, -0.05) is 73.4 Å². The fraction of sp³-hybridized carbons (Fsp3) is 0.346. The van der Waals surface area contributed by atoms with E-state index in [0.29, 0.717) is 6.61 Å². The fourth-order valence-corrected chi connectivity index (χ4v) is 4.65. The van der Waals surface area contributed by atoms with E-state index in [0.717, 1.165) is 53.5 Å². The molecule has 3 nitrogen and oxygen atoms in total. The Morgan fingerprint density at radius 2 is 1.72 bits per heavy atom. The van der Waals surface area contributed by atoms with Crippen LogP contribution < -0.4 is 10.1 Å². The standard InChI is InChI=1S/C26H29NO2/c1-3-29-24-15-14-23(21-12-5-6-13-22(21)24)27-25(28)26(16-7-4-8-17-26)20-11-9-10-19(2)18-20/h5-6,9-15,18H,3-4,7-8,16-17H2,1-2H3,(H,27,28). The Morgan fingerprint density at radius 3 is 2.45 bits per heavy atom. The van der Waals surface area contributed by atoms with Crippen LogP contribution in [0.5, 0.6) is 5.75 Å². The zero-order valence-corrected chi connectivity index (χ0v) is 17.3. The number of carbonyl (C=O) groups is 1. The molecule has 1 fully saturated rings. The number of benzene rings is 3. The van der Waals surface area contributed by atoms with Crippen LogP contribution in [0.25, 0.3) is 10.8 Å². The molecule has 0 heterocycles. The van der Waals surface area contributed by atoms with Gasteiger partial charge in [-0.25, -0.2) is 0 Å². The Morgan fingerprint density at radius 1 is 0.966 bits per heavy atom. The number of ether oxygens (including phenoxy) is 1. The van der Waals surface area contributed by atoms with Crippen molar-refractivity contribution in [2.45, 2.75) is 51.4 Å². The first-order valence-corrected chi connectivity index (χ1v) is 10.7. The molecule has 3 aromatic rings. The summed E-state index contributed by atoms with van der Waals surface area (Å²) in [5.41, 5.74) is 2.74. The molecule has 29 heavy (non-hydrogen) atoms. The van der Waals surface area contributed by atoms with Crippen molar-refractivity contribution in [1.82, 2.24) is 0 Å². The van der Waals surface area contributed by atoms with Crippen molar-refractivity contribution in [3.63, 3.8) is 0 Å². The number of amides is 1. The number of anilines is 1. The summed E-state index contributed by atoms with van der Waals surface area (Å²) in [7, 11) is 0. The summed E-state index contributed by atoms with van der Waals surface area (Å²) >= 11 is 0. The van der Waals surface area contributed by atoms with Crippen LogP contribution in [-0.2, 0) is 10.2 Å². The number of rotatable bonds is 5. The smallest absolute Gasteiger partial charge is 0.235 e. The van der Waals surface area contributed by atoms with Gasteiger partial charge in [0.15, 0.2) is 0 Å². The average molecular weight is 388 g/mol. The van der Waals surface area contributed by atoms with Gasteiger partial charge < -0.3 is 10.1 Å². The van der Waals surface area contributed by atoms with Gasteiger partial charge in [-0.2, -0.15) is 0 Å². The predicted molar refractivity (Wildman–Crippen MR) is 120 cm³/mol. The van der Waals surface area contributed by atoms with E-state index in [4.69, 9.17) is 4.74 Å². The van der Waals surface area contributed by atoms with Gasteiger partial charge in [0.25, 0.3) is 0 Å². The molecule has 0 atom stereocenters. The second kappa shape index (κ2) is 8.28. The maximum absolute atomic E-state index is 13.7. The van der Waals surface area contributed by atoms with Crippen molar-refractivity contribution < 1.29 is 9.53 Å². The van der Waals surface area contributed by atoms with Crippen LogP contribution in [0.1, 0.15) is 50.2 Å². The van der Waals surface area contributed by atoms with E-state index in [1.807, 2.05) is 43.3 Å². The van der Waals surface area contributed by atoms with E-state index in [-0.39, 0.29) is 5.91 Å². The van der Waals surface area contributed by atoms with Crippen LogP contribution in [0.2, 0.25) is 0 Å². The Hall–Kier alpha value is -2.81. The Kier molecular flexibility index (Phi) is 5.57. The molecule has 3 heteroatoms. The summed E-state index contributed by atoms with van der Waals surface area (Å²) in [5.74, 6) is 0.962. The number of aryl methyl sites for hydroxylation is 1. The monoisotopic (exact) mass is 387 g/mol. The molecule has 0 spiro atoms. The summed E-state index contributed by atoms with van der Waals surface area (Å²) in [6.07, 6.45) is 5.18. The van der Waals surface area contributed by atoms with Crippen LogP contribution in [0.4, 0.5) is 5.69 Å². The second-order valence-corrected chi connectivity index (χ2v) is 8.06. The lowest BCUT2D eigenvalue weighted by Crippen LogP contribution is -2.42. The van der Waals surface area contributed by atoms with Crippen molar-refractivity contribution in [3.05, 3.63) is 71.8 Å². The van der Waals surface area contributed by atoms with Gasteiger partial charge in [-0.3, -0.25) is 4.79 Å². The van der Waals surface area contributed by atoms with Crippen molar-refractivity contribution in [2.24, 2.45) is 0 Å². The third-order valence-electron chi connectivity index (χ3n) is 6.14. The third-order valence-corrected chi connectivity index (χ3v) is 6.14. The molecular formula is C26H29NO2. The van der Waals surface area contributed by atoms with Gasteiger partial charge in [0.2, 0.25) is 5.91 Å². The topological polar surface area (TPSA) is 38.3 Å². The Labute approximate surface area is 173 Å². The van der Waals surface area contributed by atoms with Gasteiger partial charge in [0.1, 0.15) is 5.75 Å². The lowest BCUT2D eigenvalue weighted by Gasteiger charge is -2.36. The molecule has 1 aliphatic rings. The highest BCUT2D eigenvalue weighted by Crippen LogP contribution is 2.41. The van der Waals surface area contributed by atoms with Gasteiger partial charge in [-0.15, -0.1) is 0 Å². The average Bonchev–Trinajstić information content (AvgIpc) is 2.76. The number of hydrogen-bond donors (Lipinski definition) is 1. The molecule has 150 valence electrons. The lowest BCUT2D eigenvalue weighted by molar-refractivity contribution is -0.122. The van der Waals surface area contributed by atoms with Crippen LogP contribution in [0.3, 0.4) is 0 Å². The Bertz CT molecular complexity index is 1020. The van der Waals surface area contributed by atoms with E-state index < -0.39 is 5.41 Å². The lowest BCUT2D eigenvalue weighted by atomic mass is 9.68. The highest BCUT2D eigenvalue weighted by molar-refractivity contribution is 6.07. The SMILES string of the molecule is CCOc1ccc(NC(=O)C2(c3cccc(C)c3)CCCCC2)c2ccccc12. The van der Waals surface area contributed by atoms with Crippen molar-refractivity contribution >= 4 is 22.4 Å². The van der Waals surface area contributed by atoms with Crippen LogP contribution in [-0.4, -0.2) is 12.5 Å². The first-order valence-electron chi connectivity index (χ1n) is 10.7. The van der Waals surface area contributed by atoms with Gasteiger partial charge in [0.05, 0.1) is 12.0 Å². The van der Waals surface area contributed by atoms with Crippen molar-refractivity contribution in [3.8, 4) is 5.75 Å². The first kappa shape index (κ1) is 19.5. The molecule has 1 aliphatic carbocycles.